The fourth-order valence-corrected chi connectivity index (χ4v) is 2.62. The van der Waals surface area contributed by atoms with E-state index in [9.17, 15) is 24.5 Å². The number of hydrogen-bond donors (Lipinski definition) is 2. The van der Waals surface area contributed by atoms with Gasteiger partial charge in [-0.05, 0) is 25.1 Å². The van der Waals surface area contributed by atoms with Crippen LogP contribution in [0.4, 0.5) is 17.1 Å². The highest BCUT2D eigenvalue weighted by Crippen LogP contribution is 2.29. The Morgan fingerprint density at radius 3 is 2.79 bits per heavy atom. The van der Waals surface area contributed by atoms with Crippen LogP contribution in [0.25, 0.3) is 0 Å². The number of nitro groups is 1. The Morgan fingerprint density at radius 2 is 2.03 bits per heavy atom. The summed E-state index contributed by atoms with van der Waals surface area (Å²) in [7, 11) is 0. The maximum atomic E-state index is 12.2. The van der Waals surface area contributed by atoms with Gasteiger partial charge in [-0.1, -0.05) is 18.2 Å². The minimum absolute atomic E-state index is 0.187. The van der Waals surface area contributed by atoms with Gasteiger partial charge in [0, 0.05) is 17.8 Å². The van der Waals surface area contributed by atoms with Crippen LogP contribution in [0.5, 0.6) is 5.75 Å². The lowest BCUT2D eigenvalue weighted by Gasteiger charge is -2.25. The number of carbonyl (C=O) groups excluding carboxylic acids is 3. The third-order valence-corrected chi connectivity index (χ3v) is 4.06. The Hall–Kier alpha value is -3.95. The van der Waals surface area contributed by atoms with Gasteiger partial charge in [0.25, 0.3) is 17.5 Å². The molecule has 2 atom stereocenters. The third kappa shape index (κ3) is 4.86. The van der Waals surface area contributed by atoms with Crippen molar-refractivity contribution in [3.8, 4) is 5.75 Å². The zero-order valence-corrected chi connectivity index (χ0v) is 15.3. The second kappa shape index (κ2) is 8.38. The van der Waals surface area contributed by atoms with Gasteiger partial charge in [0.1, 0.15) is 5.75 Å². The molecule has 1 heterocycles. The van der Waals surface area contributed by atoms with E-state index in [0.717, 1.165) is 0 Å². The van der Waals surface area contributed by atoms with Crippen LogP contribution in [-0.2, 0) is 19.1 Å². The number of non-ortho nitro benzene ring substituents is 1. The number of hydrogen-bond acceptors (Lipinski definition) is 7. The molecular weight excluding hydrogens is 382 g/mol. The van der Waals surface area contributed by atoms with Crippen molar-refractivity contribution in [2.24, 2.45) is 0 Å². The molecule has 3 rings (SSSR count). The number of anilines is 2. The molecule has 0 radical (unpaired) electrons. The third-order valence-electron chi connectivity index (χ3n) is 4.06. The van der Waals surface area contributed by atoms with Gasteiger partial charge in [0.2, 0.25) is 0 Å². The Morgan fingerprint density at radius 1 is 1.28 bits per heavy atom. The topological polar surface area (TPSA) is 137 Å². The monoisotopic (exact) mass is 399 g/mol. The number of para-hydroxylation sites is 2. The summed E-state index contributed by atoms with van der Waals surface area (Å²) in [5.74, 6) is -1.53. The molecule has 0 aliphatic carbocycles. The molecular formula is C19H17N3O7. The predicted octanol–water partition coefficient (Wildman–Crippen LogP) is 2.25. The van der Waals surface area contributed by atoms with Gasteiger partial charge in [-0.2, -0.15) is 0 Å². The average molecular weight is 399 g/mol. The van der Waals surface area contributed by atoms with Gasteiger partial charge in [-0.25, -0.2) is 0 Å². The van der Waals surface area contributed by atoms with Crippen LogP contribution in [0.15, 0.2) is 48.5 Å². The molecule has 0 bridgehead atoms. The van der Waals surface area contributed by atoms with E-state index in [1.165, 1.54) is 31.2 Å². The van der Waals surface area contributed by atoms with Crippen LogP contribution in [0.1, 0.15) is 13.3 Å². The minimum Gasteiger partial charge on any atom is -0.478 e. The Kier molecular flexibility index (Phi) is 5.72. The van der Waals surface area contributed by atoms with E-state index in [1.807, 2.05) is 0 Å². The fourth-order valence-electron chi connectivity index (χ4n) is 2.62. The summed E-state index contributed by atoms with van der Waals surface area (Å²) in [6, 6.07) is 12.1. The van der Waals surface area contributed by atoms with E-state index in [0.29, 0.717) is 11.4 Å². The van der Waals surface area contributed by atoms with Crippen molar-refractivity contribution < 1.29 is 28.8 Å². The molecule has 2 amide bonds. The predicted molar refractivity (Wildman–Crippen MR) is 101 cm³/mol. The molecule has 10 heteroatoms. The molecule has 1 aliphatic heterocycles. The van der Waals surface area contributed by atoms with Crippen molar-refractivity contribution in [2.45, 2.75) is 25.6 Å². The first kappa shape index (κ1) is 19.8. The molecule has 29 heavy (non-hydrogen) atoms. The van der Waals surface area contributed by atoms with Gasteiger partial charge >= 0.3 is 5.97 Å². The van der Waals surface area contributed by atoms with Gasteiger partial charge in [0.05, 0.1) is 17.0 Å². The fraction of sp³-hybridized carbons (Fsp3) is 0.211. The highest BCUT2D eigenvalue weighted by molar-refractivity contribution is 6.00. The highest BCUT2D eigenvalue weighted by Gasteiger charge is 2.31. The van der Waals surface area contributed by atoms with Crippen molar-refractivity contribution in [1.29, 1.82) is 0 Å². The average Bonchev–Trinajstić information content (AvgIpc) is 2.68. The lowest BCUT2D eigenvalue weighted by Crippen LogP contribution is -2.40. The van der Waals surface area contributed by atoms with Crippen LogP contribution in [0.2, 0.25) is 0 Å². The zero-order valence-electron chi connectivity index (χ0n) is 15.3. The van der Waals surface area contributed by atoms with E-state index in [4.69, 9.17) is 9.47 Å². The maximum Gasteiger partial charge on any atom is 0.310 e. The molecule has 0 fully saturated rings. The maximum absolute atomic E-state index is 12.2. The van der Waals surface area contributed by atoms with Gasteiger partial charge in [-0.3, -0.25) is 24.5 Å². The van der Waals surface area contributed by atoms with Gasteiger partial charge in [0.15, 0.2) is 12.2 Å². The molecule has 2 aromatic carbocycles. The Balaban J connectivity index is 1.55. The van der Waals surface area contributed by atoms with Crippen molar-refractivity contribution in [2.75, 3.05) is 10.6 Å². The first-order valence-electron chi connectivity index (χ1n) is 8.65. The number of benzene rings is 2. The standard InChI is InChI=1S/C19H17N3O7/c1-11(18(24)20-12-5-4-6-13(9-12)22(26)27)28-17(23)10-16-19(25)21-14-7-2-3-8-15(14)29-16/h2-9,11,16H,10H2,1H3,(H,20,24)(H,21,25)/t11-,16-/m1/s1. The van der Waals surface area contributed by atoms with Gasteiger partial charge in [-0.15, -0.1) is 0 Å². The number of nitrogens with one attached hydrogen (secondary N) is 2. The molecule has 150 valence electrons. The molecule has 0 spiro atoms. The summed E-state index contributed by atoms with van der Waals surface area (Å²) < 4.78 is 10.6. The van der Waals surface area contributed by atoms with Crippen LogP contribution in [0, 0.1) is 10.1 Å². The molecule has 2 aromatic rings. The number of fused-ring (bicyclic) bond motifs is 1. The number of rotatable bonds is 6. The molecule has 2 N–H and O–H groups in total. The number of nitrogens with zero attached hydrogens (tertiary/aromatic N) is 1. The lowest BCUT2D eigenvalue weighted by atomic mass is 10.1. The molecule has 0 saturated heterocycles. The molecule has 1 aliphatic rings. The summed E-state index contributed by atoms with van der Waals surface area (Å²) in [4.78, 5) is 46.6. The Bertz CT molecular complexity index is 976. The van der Waals surface area contributed by atoms with E-state index >= 15 is 0 Å². The number of amides is 2. The van der Waals surface area contributed by atoms with E-state index < -0.39 is 34.9 Å². The van der Waals surface area contributed by atoms with Crippen LogP contribution in [0.3, 0.4) is 0 Å². The summed E-state index contributed by atoms with van der Waals surface area (Å²) in [5.41, 5.74) is 0.513. The second-order valence-corrected chi connectivity index (χ2v) is 6.22. The minimum atomic E-state index is -1.18. The quantitative estimate of drug-likeness (QED) is 0.432. The van der Waals surface area contributed by atoms with Crippen molar-refractivity contribution >= 4 is 34.8 Å². The summed E-state index contributed by atoms with van der Waals surface area (Å²) in [5, 5.41) is 15.9. The molecule has 0 aromatic heterocycles. The SMILES string of the molecule is C[C@@H](OC(=O)C[C@H]1Oc2ccccc2NC1=O)C(=O)Nc1cccc([N+](=O)[O-])c1. The first-order chi connectivity index (χ1) is 13.8. The second-order valence-electron chi connectivity index (χ2n) is 6.22. The van der Waals surface area contributed by atoms with Crippen molar-refractivity contribution in [3.05, 3.63) is 58.6 Å². The van der Waals surface area contributed by atoms with E-state index in [1.54, 1.807) is 24.3 Å². The summed E-state index contributed by atoms with van der Waals surface area (Å²) >= 11 is 0. The number of esters is 1. The number of carbonyl (C=O) groups is 3. The summed E-state index contributed by atoms with van der Waals surface area (Å²) in [6.07, 6.45) is -2.64. The van der Waals surface area contributed by atoms with E-state index in [-0.39, 0.29) is 17.8 Å². The normalized spacial score (nSPS) is 15.9. The van der Waals surface area contributed by atoms with Crippen LogP contribution >= 0.6 is 0 Å². The Labute approximate surface area is 165 Å². The molecule has 0 unspecified atom stereocenters. The van der Waals surface area contributed by atoms with Crippen LogP contribution in [-0.4, -0.2) is 34.9 Å². The van der Waals surface area contributed by atoms with Crippen molar-refractivity contribution in [3.63, 3.8) is 0 Å². The lowest BCUT2D eigenvalue weighted by molar-refractivity contribution is -0.384. The molecule has 0 saturated carbocycles. The zero-order chi connectivity index (χ0) is 21.0. The first-order valence-corrected chi connectivity index (χ1v) is 8.65. The smallest absolute Gasteiger partial charge is 0.310 e. The summed E-state index contributed by atoms with van der Waals surface area (Å²) in [6.45, 7) is 1.35. The van der Waals surface area contributed by atoms with Gasteiger partial charge < -0.3 is 20.1 Å². The largest absolute Gasteiger partial charge is 0.478 e. The number of nitro benzene ring substituents is 1. The van der Waals surface area contributed by atoms with Crippen LogP contribution < -0.4 is 15.4 Å². The molecule has 10 nitrogen and oxygen atoms in total. The highest BCUT2D eigenvalue weighted by atomic mass is 16.6. The van der Waals surface area contributed by atoms with E-state index in [2.05, 4.69) is 10.6 Å². The number of ether oxygens (including phenoxy) is 2. The van der Waals surface area contributed by atoms with Crippen molar-refractivity contribution in [1.82, 2.24) is 0 Å².